The van der Waals surface area contributed by atoms with Crippen LogP contribution >= 0.6 is 0 Å². The van der Waals surface area contributed by atoms with E-state index in [1.807, 2.05) is 24.3 Å². The molecule has 4 aliphatic rings. The average Bonchev–Trinajstić information content (AvgIpc) is 2.54. The van der Waals surface area contributed by atoms with Crippen LogP contribution in [0, 0.1) is 23.2 Å². The van der Waals surface area contributed by atoms with Crippen molar-refractivity contribution in [3.8, 4) is 0 Å². The lowest BCUT2D eigenvalue weighted by molar-refractivity contribution is -0.125. The Labute approximate surface area is 153 Å². The maximum Gasteiger partial charge on any atom is 0.224 e. The molecule has 1 aromatic rings. The van der Waals surface area contributed by atoms with E-state index in [0.29, 0.717) is 11.8 Å². The van der Waals surface area contributed by atoms with Crippen molar-refractivity contribution in [2.45, 2.75) is 62.8 Å². The highest BCUT2D eigenvalue weighted by Gasteiger charge is 2.53. The summed E-state index contributed by atoms with van der Waals surface area (Å²) in [6, 6.07) is 7.84. The Morgan fingerprint density at radius 2 is 1.64 bits per heavy atom. The minimum Gasteiger partial charge on any atom is -0.353 e. The van der Waals surface area contributed by atoms with Gasteiger partial charge in [-0.25, -0.2) is 0 Å². The Hall–Kier alpha value is -1.16. The fourth-order valence-corrected chi connectivity index (χ4v) is 6.66. The standard InChI is InChI=1S/C21H29NO2S/c1-14(21-11-16-7-17(12-21)9-18(8-16)13-21)22-20(23)10-15-3-5-19(6-4-15)25(2)24/h3-6,14,16-18H,7-13H2,1-2H3,(H,22,23). The lowest BCUT2D eigenvalue weighted by atomic mass is 9.48. The summed E-state index contributed by atoms with van der Waals surface area (Å²) in [7, 11) is -0.966. The third kappa shape index (κ3) is 3.42. The Balaban J connectivity index is 1.38. The highest BCUT2D eigenvalue weighted by atomic mass is 32.2. The highest BCUT2D eigenvalue weighted by Crippen LogP contribution is 2.61. The zero-order chi connectivity index (χ0) is 17.6. The second kappa shape index (κ2) is 6.53. The molecule has 0 saturated heterocycles. The molecule has 1 amide bonds. The molecule has 136 valence electrons. The van der Waals surface area contributed by atoms with Crippen LogP contribution in [-0.4, -0.2) is 22.4 Å². The van der Waals surface area contributed by atoms with Crippen LogP contribution in [0.5, 0.6) is 0 Å². The first kappa shape index (κ1) is 17.3. The Morgan fingerprint density at radius 1 is 1.12 bits per heavy atom. The van der Waals surface area contributed by atoms with Crippen molar-refractivity contribution in [1.82, 2.24) is 5.32 Å². The SMILES string of the molecule is CC(NC(=O)Cc1ccc(S(C)=O)cc1)C12CC3CC(CC(C3)C1)C2. The molecule has 0 aliphatic heterocycles. The van der Waals surface area contributed by atoms with E-state index in [-0.39, 0.29) is 11.9 Å². The quantitative estimate of drug-likeness (QED) is 0.871. The van der Waals surface area contributed by atoms with Crippen molar-refractivity contribution >= 4 is 16.7 Å². The van der Waals surface area contributed by atoms with Crippen LogP contribution in [0.2, 0.25) is 0 Å². The van der Waals surface area contributed by atoms with Gasteiger partial charge in [0.25, 0.3) is 0 Å². The first-order valence-electron chi connectivity index (χ1n) is 9.65. The molecular weight excluding hydrogens is 330 g/mol. The molecular formula is C21H29NO2S. The van der Waals surface area contributed by atoms with Gasteiger partial charge in [-0.1, -0.05) is 12.1 Å². The smallest absolute Gasteiger partial charge is 0.224 e. The van der Waals surface area contributed by atoms with Crippen molar-refractivity contribution in [3.63, 3.8) is 0 Å². The van der Waals surface area contributed by atoms with Crippen molar-refractivity contribution in [1.29, 1.82) is 0 Å². The van der Waals surface area contributed by atoms with Crippen LogP contribution in [0.3, 0.4) is 0 Å². The summed E-state index contributed by atoms with van der Waals surface area (Å²) in [6.07, 6.45) is 10.3. The molecule has 3 nitrogen and oxygen atoms in total. The van der Waals surface area contributed by atoms with Crippen molar-refractivity contribution in [3.05, 3.63) is 29.8 Å². The van der Waals surface area contributed by atoms with Crippen LogP contribution in [-0.2, 0) is 22.0 Å². The first-order valence-corrected chi connectivity index (χ1v) is 11.2. The molecule has 0 heterocycles. The molecule has 1 N–H and O–H groups in total. The van der Waals surface area contributed by atoms with Crippen molar-refractivity contribution in [2.24, 2.45) is 23.2 Å². The summed E-state index contributed by atoms with van der Waals surface area (Å²) in [5, 5.41) is 3.32. The summed E-state index contributed by atoms with van der Waals surface area (Å²) in [5.74, 6) is 2.85. The molecule has 4 saturated carbocycles. The van der Waals surface area contributed by atoms with Gasteiger partial charge in [-0.2, -0.15) is 0 Å². The molecule has 2 atom stereocenters. The number of benzene rings is 1. The Kier molecular flexibility index (Phi) is 4.51. The van der Waals surface area contributed by atoms with E-state index in [1.54, 1.807) is 6.26 Å². The van der Waals surface area contributed by atoms with E-state index in [2.05, 4.69) is 12.2 Å². The summed E-state index contributed by atoms with van der Waals surface area (Å²) in [4.78, 5) is 13.4. The second-order valence-corrected chi connectivity index (χ2v) is 10.2. The van der Waals surface area contributed by atoms with Crippen LogP contribution < -0.4 is 5.32 Å². The molecule has 0 radical (unpaired) electrons. The predicted molar refractivity (Wildman–Crippen MR) is 101 cm³/mol. The molecule has 0 aromatic heterocycles. The minimum absolute atomic E-state index is 0.119. The maximum absolute atomic E-state index is 12.6. The number of carbonyl (C=O) groups is 1. The van der Waals surface area contributed by atoms with Gasteiger partial charge < -0.3 is 5.32 Å². The van der Waals surface area contributed by atoms with Gasteiger partial charge in [0.15, 0.2) is 0 Å². The van der Waals surface area contributed by atoms with Gasteiger partial charge in [-0.3, -0.25) is 9.00 Å². The van der Waals surface area contributed by atoms with E-state index < -0.39 is 10.8 Å². The fourth-order valence-electron chi connectivity index (χ4n) is 6.14. The van der Waals surface area contributed by atoms with Gasteiger partial charge in [0, 0.05) is 28.0 Å². The van der Waals surface area contributed by atoms with E-state index in [1.165, 1.54) is 38.5 Å². The van der Waals surface area contributed by atoms with Gasteiger partial charge in [0.05, 0.1) is 6.42 Å². The molecule has 4 heteroatoms. The monoisotopic (exact) mass is 359 g/mol. The molecule has 4 bridgehead atoms. The molecule has 25 heavy (non-hydrogen) atoms. The average molecular weight is 360 g/mol. The zero-order valence-electron chi connectivity index (χ0n) is 15.3. The Morgan fingerprint density at radius 3 is 2.12 bits per heavy atom. The van der Waals surface area contributed by atoms with Gasteiger partial charge >= 0.3 is 0 Å². The number of rotatable bonds is 5. The van der Waals surface area contributed by atoms with Gasteiger partial charge in [0.2, 0.25) is 5.91 Å². The summed E-state index contributed by atoms with van der Waals surface area (Å²) in [5.41, 5.74) is 1.34. The third-order valence-electron chi connectivity index (χ3n) is 7.00. The van der Waals surface area contributed by atoms with Crippen LogP contribution in [0.15, 0.2) is 29.2 Å². The van der Waals surface area contributed by atoms with Gasteiger partial charge in [0.1, 0.15) is 0 Å². The largest absolute Gasteiger partial charge is 0.353 e. The molecule has 4 fully saturated rings. The lowest BCUT2D eigenvalue weighted by Gasteiger charge is -2.59. The van der Waals surface area contributed by atoms with Gasteiger partial charge in [-0.05, 0) is 86.3 Å². The lowest BCUT2D eigenvalue weighted by Crippen LogP contribution is -2.56. The molecule has 0 spiro atoms. The van der Waals surface area contributed by atoms with E-state index in [9.17, 15) is 9.00 Å². The molecule has 2 unspecified atom stereocenters. The molecule has 5 rings (SSSR count). The Bertz CT molecular complexity index is 646. The maximum atomic E-state index is 12.6. The highest BCUT2D eigenvalue weighted by molar-refractivity contribution is 7.84. The predicted octanol–water partition coefficient (Wildman–Crippen LogP) is 3.69. The second-order valence-electron chi connectivity index (χ2n) is 8.84. The number of nitrogens with one attached hydrogen (secondary N) is 1. The molecule has 4 aliphatic carbocycles. The fraction of sp³-hybridized carbons (Fsp3) is 0.667. The van der Waals surface area contributed by atoms with Gasteiger partial charge in [-0.15, -0.1) is 0 Å². The normalized spacial score (nSPS) is 35.4. The number of carbonyl (C=O) groups excluding carboxylic acids is 1. The van der Waals surface area contributed by atoms with Crippen LogP contribution in [0.4, 0.5) is 0 Å². The van der Waals surface area contributed by atoms with Crippen LogP contribution in [0.1, 0.15) is 51.0 Å². The number of hydrogen-bond donors (Lipinski definition) is 1. The minimum atomic E-state index is -0.966. The van der Waals surface area contributed by atoms with E-state index in [4.69, 9.17) is 0 Å². The van der Waals surface area contributed by atoms with E-state index in [0.717, 1.165) is 28.2 Å². The first-order chi connectivity index (χ1) is 11.9. The summed E-state index contributed by atoms with van der Waals surface area (Å²) in [6.45, 7) is 2.23. The number of hydrogen-bond acceptors (Lipinski definition) is 2. The zero-order valence-corrected chi connectivity index (χ0v) is 16.1. The topological polar surface area (TPSA) is 46.2 Å². The third-order valence-corrected chi connectivity index (χ3v) is 7.94. The van der Waals surface area contributed by atoms with Crippen molar-refractivity contribution < 1.29 is 9.00 Å². The summed E-state index contributed by atoms with van der Waals surface area (Å²) < 4.78 is 11.5. The van der Waals surface area contributed by atoms with E-state index >= 15 is 0 Å². The van der Waals surface area contributed by atoms with Crippen LogP contribution in [0.25, 0.3) is 0 Å². The molecule has 1 aromatic carbocycles. The summed E-state index contributed by atoms with van der Waals surface area (Å²) >= 11 is 0. The van der Waals surface area contributed by atoms with Crippen molar-refractivity contribution in [2.75, 3.05) is 6.26 Å². The number of amides is 1.